The molecule has 3 heteroatoms. The highest BCUT2D eigenvalue weighted by Crippen LogP contribution is 2.16. The van der Waals surface area contributed by atoms with Gasteiger partial charge in [0.2, 0.25) is 0 Å². The number of aliphatic hydroxyl groups is 1. The van der Waals surface area contributed by atoms with Crippen molar-refractivity contribution in [1.29, 1.82) is 0 Å². The monoisotopic (exact) mass is 200 g/mol. The molecule has 1 aliphatic heterocycles. The normalized spacial score (nSPS) is 18.6. The van der Waals surface area contributed by atoms with Gasteiger partial charge in [0.05, 0.1) is 6.61 Å². The van der Waals surface area contributed by atoms with Crippen LogP contribution < -0.4 is 0 Å². The zero-order valence-corrected chi connectivity index (χ0v) is 8.87. The number of rotatable bonds is 6. The summed E-state index contributed by atoms with van der Waals surface area (Å²) in [6.07, 6.45) is 5.26. The predicted molar refractivity (Wildman–Crippen MR) is 55.0 cm³/mol. The molecule has 1 heterocycles. The molecular weight excluding hydrogens is 180 g/mol. The molecule has 82 valence electrons. The maximum atomic E-state index is 9.72. The maximum Gasteiger partial charge on any atom is 0.120 e. The van der Waals surface area contributed by atoms with Crippen molar-refractivity contribution in [3.8, 4) is 0 Å². The van der Waals surface area contributed by atoms with Crippen LogP contribution in [0.5, 0.6) is 0 Å². The molecule has 0 saturated heterocycles. The van der Waals surface area contributed by atoms with E-state index in [0.717, 1.165) is 51.3 Å². The number of ether oxygens (including phenoxy) is 2. The quantitative estimate of drug-likeness (QED) is 0.665. The summed E-state index contributed by atoms with van der Waals surface area (Å²) in [7, 11) is 0. The Bertz CT molecular complexity index is 177. The van der Waals surface area contributed by atoms with Crippen LogP contribution in [0.2, 0.25) is 0 Å². The predicted octanol–water partition coefficient (Wildman–Crippen LogP) is 1.86. The van der Waals surface area contributed by atoms with Crippen LogP contribution >= 0.6 is 0 Å². The number of allylic oxidation sites excluding steroid dienone is 1. The molecule has 0 aliphatic carbocycles. The summed E-state index contributed by atoms with van der Waals surface area (Å²) in [5, 5.41) is 9.72. The SMILES string of the molecule is CCOCCCC(O)C1=CCCCO1. The lowest BCUT2D eigenvalue weighted by Gasteiger charge is -2.19. The van der Waals surface area contributed by atoms with Crippen molar-refractivity contribution in [1.82, 2.24) is 0 Å². The van der Waals surface area contributed by atoms with Crippen LogP contribution in [0.1, 0.15) is 32.6 Å². The number of aliphatic hydroxyl groups excluding tert-OH is 1. The Balaban J connectivity index is 2.13. The molecule has 0 fully saturated rings. The third-order valence-corrected chi connectivity index (χ3v) is 2.26. The summed E-state index contributed by atoms with van der Waals surface area (Å²) in [5.41, 5.74) is 0. The minimum Gasteiger partial charge on any atom is -0.496 e. The molecule has 0 aromatic carbocycles. The van der Waals surface area contributed by atoms with Gasteiger partial charge < -0.3 is 14.6 Å². The van der Waals surface area contributed by atoms with Crippen LogP contribution in [0.25, 0.3) is 0 Å². The lowest BCUT2D eigenvalue weighted by Crippen LogP contribution is -2.16. The highest BCUT2D eigenvalue weighted by atomic mass is 16.5. The fourth-order valence-electron chi connectivity index (χ4n) is 1.47. The Morgan fingerprint density at radius 2 is 2.50 bits per heavy atom. The van der Waals surface area contributed by atoms with E-state index in [2.05, 4.69) is 0 Å². The van der Waals surface area contributed by atoms with Gasteiger partial charge in [0, 0.05) is 13.2 Å². The van der Waals surface area contributed by atoms with Gasteiger partial charge in [-0.2, -0.15) is 0 Å². The number of hydrogen-bond donors (Lipinski definition) is 1. The highest BCUT2D eigenvalue weighted by molar-refractivity contribution is 5.01. The molecule has 0 saturated carbocycles. The van der Waals surface area contributed by atoms with Crippen LogP contribution in [0, 0.1) is 0 Å². The van der Waals surface area contributed by atoms with Crippen molar-refractivity contribution >= 4 is 0 Å². The first-order chi connectivity index (χ1) is 6.84. The molecule has 0 radical (unpaired) electrons. The van der Waals surface area contributed by atoms with E-state index in [1.54, 1.807) is 0 Å². The van der Waals surface area contributed by atoms with E-state index >= 15 is 0 Å². The van der Waals surface area contributed by atoms with E-state index in [0.29, 0.717) is 0 Å². The van der Waals surface area contributed by atoms with Crippen molar-refractivity contribution < 1.29 is 14.6 Å². The Labute approximate surface area is 85.7 Å². The summed E-state index contributed by atoms with van der Waals surface area (Å²) >= 11 is 0. The molecular formula is C11H20O3. The van der Waals surface area contributed by atoms with E-state index in [-0.39, 0.29) is 0 Å². The second-order valence-corrected chi connectivity index (χ2v) is 3.45. The van der Waals surface area contributed by atoms with Crippen molar-refractivity contribution in [3.63, 3.8) is 0 Å². The lowest BCUT2D eigenvalue weighted by atomic mass is 10.1. The van der Waals surface area contributed by atoms with E-state index in [4.69, 9.17) is 9.47 Å². The van der Waals surface area contributed by atoms with Gasteiger partial charge >= 0.3 is 0 Å². The van der Waals surface area contributed by atoms with Gasteiger partial charge in [-0.25, -0.2) is 0 Å². The second kappa shape index (κ2) is 6.85. The van der Waals surface area contributed by atoms with Crippen LogP contribution in [0.3, 0.4) is 0 Å². The molecule has 1 rings (SSSR count). The van der Waals surface area contributed by atoms with Crippen molar-refractivity contribution in [2.45, 2.75) is 38.7 Å². The third-order valence-electron chi connectivity index (χ3n) is 2.26. The van der Waals surface area contributed by atoms with Gasteiger partial charge in [-0.1, -0.05) is 0 Å². The van der Waals surface area contributed by atoms with E-state index in [1.165, 1.54) is 0 Å². The molecule has 0 spiro atoms. The van der Waals surface area contributed by atoms with Gasteiger partial charge in [-0.3, -0.25) is 0 Å². The van der Waals surface area contributed by atoms with Crippen LogP contribution in [-0.2, 0) is 9.47 Å². The van der Waals surface area contributed by atoms with E-state index in [1.807, 2.05) is 13.0 Å². The molecule has 0 aromatic heterocycles. The van der Waals surface area contributed by atoms with Gasteiger partial charge in [-0.15, -0.1) is 0 Å². The van der Waals surface area contributed by atoms with Crippen LogP contribution in [0.4, 0.5) is 0 Å². The average Bonchev–Trinajstić information content (AvgIpc) is 2.25. The molecule has 0 aromatic rings. The average molecular weight is 200 g/mol. The van der Waals surface area contributed by atoms with Crippen LogP contribution in [0.15, 0.2) is 11.8 Å². The van der Waals surface area contributed by atoms with Crippen molar-refractivity contribution in [3.05, 3.63) is 11.8 Å². The highest BCUT2D eigenvalue weighted by Gasteiger charge is 2.14. The van der Waals surface area contributed by atoms with Gasteiger partial charge in [-0.05, 0) is 38.7 Å². The molecule has 1 unspecified atom stereocenters. The van der Waals surface area contributed by atoms with Gasteiger partial charge in [0.25, 0.3) is 0 Å². The summed E-state index contributed by atoms with van der Waals surface area (Å²) < 4.78 is 10.6. The Kier molecular flexibility index (Phi) is 5.64. The molecule has 0 amide bonds. The summed E-state index contributed by atoms with van der Waals surface area (Å²) in [5.74, 6) is 0.757. The maximum absolute atomic E-state index is 9.72. The zero-order valence-electron chi connectivity index (χ0n) is 8.87. The largest absolute Gasteiger partial charge is 0.496 e. The first-order valence-corrected chi connectivity index (χ1v) is 5.43. The minimum absolute atomic E-state index is 0.434. The molecule has 1 atom stereocenters. The topological polar surface area (TPSA) is 38.7 Å². The fraction of sp³-hybridized carbons (Fsp3) is 0.818. The van der Waals surface area contributed by atoms with Gasteiger partial charge in [0.15, 0.2) is 0 Å². The number of hydrogen-bond acceptors (Lipinski definition) is 3. The lowest BCUT2D eigenvalue weighted by molar-refractivity contribution is 0.0745. The minimum atomic E-state index is -0.434. The zero-order chi connectivity index (χ0) is 10.2. The van der Waals surface area contributed by atoms with Crippen LogP contribution in [-0.4, -0.2) is 31.0 Å². The Hall–Kier alpha value is -0.540. The molecule has 3 nitrogen and oxygen atoms in total. The molecule has 14 heavy (non-hydrogen) atoms. The fourth-order valence-corrected chi connectivity index (χ4v) is 1.47. The summed E-state index contributed by atoms with van der Waals surface area (Å²) in [4.78, 5) is 0. The van der Waals surface area contributed by atoms with E-state index < -0.39 is 6.10 Å². The second-order valence-electron chi connectivity index (χ2n) is 3.45. The van der Waals surface area contributed by atoms with E-state index in [9.17, 15) is 5.11 Å². The summed E-state index contributed by atoms with van der Waals surface area (Å²) in [6, 6.07) is 0. The standard InChI is InChI=1S/C11H20O3/c1-2-13-8-5-6-10(12)11-7-3-4-9-14-11/h7,10,12H,2-6,8-9H2,1H3. The Morgan fingerprint density at radius 1 is 1.64 bits per heavy atom. The molecule has 1 aliphatic rings. The first kappa shape index (κ1) is 11.5. The Morgan fingerprint density at radius 3 is 3.14 bits per heavy atom. The van der Waals surface area contributed by atoms with Gasteiger partial charge in [0.1, 0.15) is 11.9 Å². The summed E-state index contributed by atoms with van der Waals surface area (Å²) in [6.45, 7) is 4.19. The van der Waals surface area contributed by atoms with Crippen molar-refractivity contribution in [2.24, 2.45) is 0 Å². The smallest absolute Gasteiger partial charge is 0.120 e. The first-order valence-electron chi connectivity index (χ1n) is 5.43. The molecule has 1 N–H and O–H groups in total. The van der Waals surface area contributed by atoms with Crippen molar-refractivity contribution in [2.75, 3.05) is 19.8 Å². The third kappa shape index (κ3) is 4.11. The molecule has 0 bridgehead atoms.